The highest BCUT2D eigenvalue weighted by molar-refractivity contribution is 5.48. The third kappa shape index (κ3) is 3.83. The van der Waals surface area contributed by atoms with Crippen molar-refractivity contribution in [3.8, 4) is 0 Å². The van der Waals surface area contributed by atoms with E-state index in [4.69, 9.17) is 0 Å². The number of halogens is 2. The summed E-state index contributed by atoms with van der Waals surface area (Å²) in [6, 6.07) is 6.32. The Balaban J connectivity index is 2.48. The summed E-state index contributed by atoms with van der Waals surface area (Å²) in [5, 5.41) is 0. The average Bonchev–Trinajstić information content (AvgIpc) is 2.13. The van der Waals surface area contributed by atoms with E-state index in [0.29, 0.717) is 12.8 Å². The highest BCUT2D eigenvalue weighted by Gasteiger charge is 1.89. The predicted molar refractivity (Wildman–Crippen MR) is 50.6 cm³/mol. The number of benzene rings is 1. The molecular formula is C11H12F2. The van der Waals surface area contributed by atoms with E-state index in [-0.39, 0.29) is 12.5 Å². The van der Waals surface area contributed by atoms with Gasteiger partial charge in [0.1, 0.15) is 5.82 Å². The first-order valence-corrected chi connectivity index (χ1v) is 4.31. The molecule has 13 heavy (non-hydrogen) atoms. The molecule has 0 N–H and O–H groups in total. The van der Waals surface area contributed by atoms with Crippen molar-refractivity contribution in [2.24, 2.45) is 0 Å². The Labute approximate surface area is 76.9 Å². The number of hydrogen-bond donors (Lipinski definition) is 0. The minimum atomic E-state index is -0.298. The maximum absolute atomic E-state index is 12.6. The summed E-state index contributed by atoms with van der Waals surface area (Å²) in [4.78, 5) is 0. The molecule has 0 bridgehead atoms. The lowest BCUT2D eigenvalue weighted by Crippen LogP contribution is -1.76. The van der Waals surface area contributed by atoms with Gasteiger partial charge in [-0.25, -0.2) is 4.39 Å². The lowest BCUT2D eigenvalue weighted by atomic mass is 10.2. The van der Waals surface area contributed by atoms with Gasteiger partial charge >= 0.3 is 0 Å². The van der Waals surface area contributed by atoms with Crippen molar-refractivity contribution >= 4 is 6.08 Å². The van der Waals surface area contributed by atoms with Crippen LogP contribution in [0.15, 0.2) is 30.3 Å². The van der Waals surface area contributed by atoms with Gasteiger partial charge in [-0.2, -0.15) is 0 Å². The summed E-state index contributed by atoms with van der Waals surface area (Å²) in [5.74, 6) is -0.243. The van der Waals surface area contributed by atoms with Crippen LogP contribution in [0, 0.1) is 5.82 Å². The van der Waals surface area contributed by atoms with Gasteiger partial charge in [-0.3, -0.25) is 4.39 Å². The monoisotopic (exact) mass is 182 g/mol. The zero-order chi connectivity index (χ0) is 9.52. The normalized spacial score (nSPS) is 10.9. The molecule has 0 heterocycles. The number of hydrogen-bond acceptors (Lipinski definition) is 0. The van der Waals surface area contributed by atoms with Crippen LogP contribution in [0.1, 0.15) is 18.4 Å². The highest BCUT2D eigenvalue weighted by Crippen LogP contribution is 2.06. The van der Waals surface area contributed by atoms with Crippen LogP contribution in [0.5, 0.6) is 0 Å². The Morgan fingerprint density at radius 2 is 2.15 bits per heavy atom. The second kappa shape index (κ2) is 5.46. The minimum Gasteiger partial charge on any atom is -0.251 e. The molecule has 0 atom stereocenters. The van der Waals surface area contributed by atoms with E-state index in [2.05, 4.69) is 0 Å². The quantitative estimate of drug-likeness (QED) is 0.624. The fraction of sp³-hybridized carbons (Fsp3) is 0.273. The van der Waals surface area contributed by atoms with Crippen molar-refractivity contribution in [1.82, 2.24) is 0 Å². The molecule has 0 aliphatic rings. The second-order valence-electron chi connectivity index (χ2n) is 2.79. The number of rotatable bonds is 4. The summed E-state index contributed by atoms with van der Waals surface area (Å²) < 4.78 is 24.3. The van der Waals surface area contributed by atoms with Crippen LogP contribution in [0.2, 0.25) is 0 Å². The van der Waals surface area contributed by atoms with Crippen LogP contribution in [0.4, 0.5) is 8.78 Å². The van der Waals surface area contributed by atoms with Crippen molar-refractivity contribution in [2.75, 3.05) is 6.67 Å². The lowest BCUT2D eigenvalue weighted by Gasteiger charge is -1.92. The molecule has 1 aromatic carbocycles. The van der Waals surface area contributed by atoms with Crippen LogP contribution < -0.4 is 0 Å². The molecule has 0 radical (unpaired) electrons. The summed E-state index contributed by atoms with van der Waals surface area (Å²) in [6.45, 7) is -0.298. The second-order valence-corrected chi connectivity index (χ2v) is 2.79. The molecule has 0 aliphatic carbocycles. The average molecular weight is 182 g/mol. The number of unbranched alkanes of at least 4 members (excludes halogenated alkanes) is 1. The van der Waals surface area contributed by atoms with E-state index in [9.17, 15) is 8.78 Å². The van der Waals surface area contributed by atoms with E-state index < -0.39 is 0 Å². The van der Waals surface area contributed by atoms with Gasteiger partial charge in [-0.05, 0) is 30.5 Å². The third-order valence-electron chi connectivity index (χ3n) is 1.66. The smallest absolute Gasteiger partial charge is 0.123 e. The summed E-state index contributed by atoms with van der Waals surface area (Å²) >= 11 is 0. The van der Waals surface area contributed by atoms with E-state index >= 15 is 0 Å². The zero-order valence-electron chi connectivity index (χ0n) is 7.34. The Morgan fingerprint density at radius 3 is 2.85 bits per heavy atom. The molecule has 1 aromatic rings. The molecule has 0 fully saturated rings. The Bertz CT molecular complexity index is 279. The van der Waals surface area contributed by atoms with Gasteiger partial charge in [-0.1, -0.05) is 24.3 Å². The Kier molecular flexibility index (Phi) is 4.16. The topological polar surface area (TPSA) is 0 Å². The highest BCUT2D eigenvalue weighted by atomic mass is 19.1. The van der Waals surface area contributed by atoms with Gasteiger partial charge in [0.15, 0.2) is 0 Å². The predicted octanol–water partition coefficient (Wildman–Crippen LogP) is 3.59. The molecule has 0 saturated heterocycles. The fourth-order valence-electron chi connectivity index (χ4n) is 1.02. The molecule has 0 spiro atoms. The van der Waals surface area contributed by atoms with Crippen LogP contribution in [0.3, 0.4) is 0 Å². The van der Waals surface area contributed by atoms with Crippen LogP contribution in [0.25, 0.3) is 6.08 Å². The maximum Gasteiger partial charge on any atom is 0.123 e. The molecule has 0 unspecified atom stereocenters. The minimum absolute atomic E-state index is 0.243. The molecule has 1 rings (SSSR count). The molecule has 0 aromatic heterocycles. The maximum atomic E-state index is 12.6. The molecular weight excluding hydrogens is 170 g/mol. The van der Waals surface area contributed by atoms with E-state index in [1.54, 1.807) is 12.1 Å². The van der Waals surface area contributed by atoms with E-state index in [1.807, 2.05) is 12.1 Å². The van der Waals surface area contributed by atoms with E-state index in [0.717, 1.165) is 5.56 Å². The van der Waals surface area contributed by atoms with Crippen LogP contribution in [-0.2, 0) is 0 Å². The number of alkyl halides is 1. The van der Waals surface area contributed by atoms with Gasteiger partial charge in [0.25, 0.3) is 0 Å². The van der Waals surface area contributed by atoms with Crippen molar-refractivity contribution in [3.63, 3.8) is 0 Å². The first-order valence-electron chi connectivity index (χ1n) is 4.31. The van der Waals surface area contributed by atoms with Crippen molar-refractivity contribution < 1.29 is 8.78 Å². The van der Waals surface area contributed by atoms with Crippen molar-refractivity contribution in [3.05, 3.63) is 41.7 Å². The summed E-state index contributed by atoms with van der Waals surface area (Å²) in [6.07, 6.45) is 4.89. The van der Waals surface area contributed by atoms with Gasteiger partial charge in [0.2, 0.25) is 0 Å². The van der Waals surface area contributed by atoms with E-state index in [1.165, 1.54) is 12.1 Å². The SMILES string of the molecule is FCCCC=Cc1cccc(F)c1. The molecule has 0 amide bonds. The van der Waals surface area contributed by atoms with Crippen LogP contribution in [-0.4, -0.2) is 6.67 Å². The Hall–Kier alpha value is -1.18. The first kappa shape index (κ1) is 9.90. The lowest BCUT2D eigenvalue weighted by molar-refractivity contribution is 0.476. The standard InChI is InChI=1S/C11H12F2/c12-8-3-1-2-5-10-6-4-7-11(13)9-10/h2,4-7,9H,1,3,8H2. The van der Waals surface area contributed by atoms with Gasteiger partial charge < -0.3 is 0 Å². The zero-order valence-corrected chi connectivity index (χ0v) is 7.34. The van der Waals surface area contributed by atoms with Gasteiger partial charge in [0.05, 0.1) is 6.67 Å². The molecule has 70 valence electrons. The molecule has 0 saturated carbocycles. The van der Waals surface area contributed by atoms with Crippen molar-refractivity contribution in [2.45, 2.75) is 12.8 Å². The van der Waals surface area contributed by atoms with Gasteiger partial charge in [-0.15, -0.1) is 0 Å². The first-order chi connectivity index (χ1) is 6.33. The largest absolute Gasteiger partial charge is 0.251 e. The Morgan fingerprint density at radius 1 is 1.31 bits per heavy atom. The van der Waals surface area contributed by atoms with Crippen molar-refractivity contribution in [1.29, 1.82) is 0 Å². The molecule has 0 aliphatic heterocycles. The van der Waals surface area contributed by atoms with Crippen LogP contribution >= 0.6 is 0 Å². The fourth-order valence-corrected chi connectivity index (χ4v) is 1.02. The van der Waals surface area contributed by atoms with Gasteiger partial charge in [0, 0.05) is 0 Å². The molecule has 2 heteroatoms. The summed E-state index contributed by atoms with van der Waals surface area (Å²) in [7, 11) is 0. The third-order valence-corrected chi connectivity index (χ3v) is 1.66. The summed E-state index contributed by atoms with van der Waals surface area (Å²) in [5.41, 5.74) is 0.818. The number of allylic oxidation sites excluding steroid dienone is 1. The molecule has 0 nitrogen and oxygen atoms in total.